The maximum atomic E-state index is 5.72. The number of rotatable bonds is 1. The van der Waals surface area contributed by atoms with E-state index >= 15 is 0 Å². The van der Waals surface area contributed by atoms with Crippen LogP contribution in [0.1, 0.15) is 0 Å². The number of anilines is 1. The van der Waals surface area contributed by atoms with Gasteiger partial charge in [0.15, 0.2) is 0 Å². The highest BCUT2D eigenvalue weighted by Gasteiger charge is 2.09. The van der Waals surface area contributed by atoms with Gasteiger partial charge < -0.3 is 11.6 Å². The van der Waals surface area contributed by atoms with Crippen molar-refractivity contribution in [2.45, 2.75) is 0 Å². The Morgan fingerprint density at radius 3 is 2.83 bits per heavy atom. The first-order valence-corrected chi connectivity index (χ1v) is 6.25. The maximum absolute atomic E-state index is 5.72. The minimum atomic E-state index is 0.261. The van der Waals surface area contributed by atoms with Gasteiger partial charge in [-0.1, -0.05) is 6.07 Å². The molecule has 0 atom stereocenters. The topological polar surface area (TPSA) is 95.6 Å². The van der Waals surface area contributed by atoms with E-state index in [4.69, 9.17) is 11.6 Å². The van der Waals surface area contributed by atoms with Gasteiger partial charge in [-0.15, -0.1) is 0 Å². The summed E-state index contributed by atoms with van der Waals surface area (Å²) in [6.07, 6.45) is 1.64. The summed E-state index contributed by atoms with van der Waals surface area (Å²) in [7, 11) is 0. The zero-order valence-corrected chi connectivity index (χ0v) is 11.4. The molecule has 0 aliphatic carbocycles. The third kappa shape index (κ3) is 1.76. The average Bonchev–Trinajstić information content (AvgIpc) is 2.65. The molecule has 0 bridgehead atoms. The Hall–Kier alpha value is -1.90. The Balaban J connectivity index is 2.21. The van der Waals surface area contributed by atoms with Crippen LogP contribution < -0.4 is 11.6 Å². The molecule has 1 aromatic carbocycles. The van der Waals surface area contributed by atoms with Gasteiger partial charge in [-0.2, -0.15) is 9.89 Å². The van der Waals surface area contributed by atoms with Gasteiger partial charge in [0.25, 0.3) is 0 Å². The van der Waals surface area contributed by atoms with Gasteiger partial charge in [0, 0.05) is 17.1 Å². The largest absolute Gasteiger partial charge is 0.368 e. The van der Waals surface area contributed by atoms with Crippen molar-refractivity contribution in [3.63, 3.8) is 0 Å². The van der Waals surface area contributed by atoms with E-state index < -0.39 is 0 Å². The molecule has 7 heteroatoms. The summed E-state index contributed by atoms with van der Waals surface area (Å²) < 4.78 is 0.881. The summed E-state index contributed by atoms with van der Waals surface area (Å²) in [5.74, 6) is 5.98. The highest BCUT2D eigenvalue weighted by Crippen LogP contribution is 2.25. The zero-order valence-electron chi connectivity index (χ0n) is 9.21. The summed E-state index contributed by atoms with van der Waals surface area (Å²) >= 11 is 2.16. The van der Waals surface area contributed by atoms with Crippen molar-refractivity contribution in [1.82, 2.24) is 19.9 Å². The Morgan fingerprint density at radius 1 is 1.22 bits per heavy atom. The monoisotopic (exact) mass is 352 g/mol. The number of nitrogens with two attached hydrogens (primary N) is 2. The van der Waals surface area contributed by atoms with Crippen LogP contribution >= 0.6 is 22.6 Å². The summed E-state index contributed by atoms with van der Waals surface area (Å²) in [5, 5.41) is 5.19. The predicted octanol–water partition coefficient (Wildman–Crippen LogP) is 1.39. The van der Waals surface area contributed by atoms with Gasteiger partial charge in [-0.3, -0.25) is 0 Å². The van der Waals surface area contributed by atoms with Crippen molar-refractivity contribution in [1.29, 1.82) is 0 Å². The number of aromatic nitrogens is 4. The molecule has 18 heavy (non-hydrogen) atoms. The van der Waals surface area contributed by atoms with Crippen molar-refractivity contribution >= 4 is 39.4 Å². The van der Waals surface area contributed by atoms with Crippen LogP contribution in [0.25, 0.3) is 22.2 Å². The lowest BCUT2D eigenvalue weighted by Gasteiger charge is -2.01. The van der Waals surface area contributed by atoms with Gasteiger partial charge in [0.05, 0.1) is 11.2 Å². The highest BCUT2D eigenvalue weighted by atomic mass is 127. The molecule has 4 N–H and O–H groups in total. The van der Waals surface area contributed by atoms with Crippen LogP contribution in [0.4, 0.5) is 5.95 Å². The molecule has 0 spiro atoms. The second kappa shape index (κ2) is 4.09. The molecule has 0 aliphatic rings. The molecule has 0 radical (unpaired) electrons. The zero-order chi connectivity index (χ0) is 12.7. The number of hydrogen-bond acceptors (Lipinski definition) is 5. The highest BCUT2D eigenvalue weighted by molar-refractivity contribution is 14.1. The van der Waals surface area contributed by atoms with E-state index in [1.165, 1.54) is 4.79 Å². The van der Waals surface area contributed by atoms with Crippen LogP contribution in [-0.2, 0) is 0 Å². The Morgan fingerprint density at radius 2 is 2.06 bits per heavy atom. The Labute approximate surface area is 116 Å². The standard InChI is InChI=1S/C11H9IN6/c12-10-7-5-6(1-2-9(7)17-18(10)14)8-3-4-15-11(13)16-8/h1-5H,14H2,(H2,13,15,16). The fraction of sp³-hybridized carbons (Fsp3) is 0. The molecule has 90 valence electrons. The molecule has 0 saturated carbocycles. The van der Waals surface area contributed by atoms with Crippen LogP contribution in [0.2, 0.25) is 0 Å². The number of hydrogen-bond donors (Lipinski definition) is 2. The fourth-order valence-electron chi connectivity index (χ4n) is 1.77. The molecule has 0 saturated heterocycles. The number of nitrogen functional groups attached to an aromatic ring is 2. The first-order chi connectivity index (χ1) is 8.65. The molecule has 0 amide bonds. The lowest BCUT2D eigenvalue weighted by molar-refractivity contribution is 0.824. The van der Waals surface area contributed by atoms with E-state index in [9.17, 15) is 0 Å². The van der Waals surface area contributed by atoms with Gasteiger partial charge in [0.2, 0.25) is 5.95 Å². The Kier molecular flexibility index (Phi) is 2.54. The van der Waals surface area contributed by atoms with Crippen LogP contribution in [0.3, 0.4) is 0 Å². The van der Waals surface area contributed by atoms with Crippen molar-refractivity contribution in [3.05, 3.63) is 34.2 Å². The normalized spacial score (nSPS) is 10.9. The third-order valence-corrected chi connectivity index (χ3v) is 3.68. The van der Waals surface area contributed by atoms with Crippen LogP contribution in [0, 0.1) is 3.70 Å². The van der Waals surface area contributed by atoms with E-state index in [-0.39, 0.29) is 5.95 Å². The fourth-order valence-corrected chi connectivity index (χ4v) is 2.31. The second-order valence-corrected chi connectivity index (χ2v) is 4.79. The third-order valence-electron chi connectivity index (χ3n) is 2.61. The number of nitrogens with zero attached hydrogens (tertiary/aromatic N) is 4. The first-order valence-electron chi connectivity index (χ1n) is 5.17. The number of fused-ring (bicyclic) bond motifs is 1. The summed E-state index contributed by atoms with van der Waals surface area (Å²) in [6, 6.07) is 7.66. The van der Waals surface area contributed by atoms with Crippen molar-refractivity contribution in [2.24, 2.45) is 0 Å². The summed E-state index contributed by atoms with van der Waals surface area (Å²) in [4.78, 5) is 9.43. The van der Waals surface area contributed by atoms with E-state index in [1.807, 2.05) is 24.3 Å². The second-order valence-electron chi connectivity index (χ2n) is 3.77. The Bertz CT molecular complexity index is 735. The van der Waals surface area contributed by atoms with Crippen LogP contribution in [0.15, 0.2) is 30.5 Å². The van der Waals surface area contributed by atoms with E-state index in [0.717, 1.165) is 25.9 Å². The molecule has 3 rings (SSSR count). The van der Waals surface area contributed by atoms with Gasteiger partial charge in [-0.05, 0) is 40.8 Å². The van der Waals surface area contributed by atoms with Crippen LogP contribution in [-0.4, -0.2) is 19.9 Å². The number of halogens is 1. The first kappa shape index (κ1) is 11.2. The summed E-state index contributed by atoms with van der Waals surface area (Å²) in [5.41, 5.74) is 8.18. The molecular weight excluding hydrogens is 343 g/mol. The minimum Gasteiger partial charge on any atom is -0.368 e. The van der Waals surface area contributed by atoms with Crippen molar-refractivity contribution < 1.29 is 0 Å². The molecule has 0 unspecified atom stereocenters. The smallest absolute Gasteiger partial charge is 0.220 e. The van der Waals surface area contributed by atoms with Crippen molar-refractivity contribution in [2.75, 3.05) is 11.6 Å². The lowest BCUT2D eigenvalue weighted by atomic mass is 10.1. The molecule has 0 aliphatic heterocycles. The van der Waals surface area contributed by atoms with E-state index in [0.29, 0.717) is 0 Å². The van der Waals surface area contributed by atoms with Gasteiger partial charge in [-0.25, -0.2) is 9.97 Å². The van der Waals surface area contributed by atoms with E-state index in [2.05, 4.69) is 37.7 Å². The molecule has 0 fully saturated rings. The maximum Gasteiger partial charge on any atom is 0.220 e. The molecule has 6 nitrogen and oxygen atoms in total. The van der Waals surface area contributed by atoms with Gasteiger partial charge in [0.1, 0.15) is 3.70 Å². The summed E-state index contributed by atoms with van der Waals surface area (Å²) in [6.45, 7) is 0. The van der Waals surface area contributed by atoms with Gasteiger partial charge >= 0.3 is 0 Å². The van der Waals surface area contributed by atoms with E-state index in [1.54, 1.807) is 6.20 Å². The van der Waals surface area contributed by atoms with Crippen molar-refractivity contribution in [3.8, 4) is 11.3 Å². The molecular formula is C11H9IN6. The SMILES string of the molecule is Nc1nccc(-c2ccc3nn(N)c(I)c3c2)n1. The molecule has 2 aromatic heterocycles. The molecule has 3 aromatic rings. The predicted molar refractivity (Wildman–Crippen MR) is 78.0 cm³/mol. The molecule has 2 heterocycles. The minimum absolute atomic E-state index is 0.261. The quantitative estimate of drug-likeness (QED) is 0.510. The number of benzene rings is 1. The lowest BCUT2D eigenvalue weighted by Crippen LogP contribution is -2.11. The average molecular weight is 352 g/mol. The van der Waals surface area contributed by atoms with Crippen LogP contribution in [0.5, 0.6) is 0 Å².